The minimum atomic E-state index is 0.754. The van der Waals surface area contributed by atoms with Gasteiger partial charge < -0.3 is 5.32 Å². The number of likely N-dealkylation sites (tertiary alicyclic amines) is 1. The molecule has 0 amide bonds. The standard InChI is InChI=1S/C16H34N2/c1-5-7-8-9-14(3)18-12-10-16(13-15(18)4)17-11-6-2/h14-17H,5-13H2,1-4H3. The van der Waals surface area contributed by atoms with Crippen LogP contribution in [0.3, 0.4) is 0 Å². The van der Waals surface area contributed by atoms with E-state index in [1.165, 1.54) is 58.0 Å². The smallest absolute Gasteiger partial charge is 0.00940 e. The number of rotatable bonds is 8. The lowest BCUT2D eigenvalue weighted by atomic mass is 9.95. The van der Waals surface area contributed by atoms with Crippen LogP contribution in [-0.4, -0.2) is 36.1 Å². The highest BCUT2D eigenvalue weighted by Crippen LogP contribution is 2.22. The van der Waals surface area contributed by atoms with Gasteiger partial charge in [0.1, 0.15) is 0 Å². The van der Waals surface area contributed by atoms with Crippen LogP contribution < -0.4 is 5.32 Å². The molecular formula is C16H34N2. The van der Waals surface area contributed by atoms with Crippen LogP contribution in [0.4, 0.5) is 0 Å². The van der Waals surface area contributed by atoms with Crippen molar-refractivity contribution in [2.75, 3.05) is 13.1 Å². The summed E-state index contributed by atoms with van der Waals surface area (Å²) in [6, 6.07) is 2.29. The zero-order chi connectivity index (χ0) is 13.4. The van der Waals surface area contributed by atoms with Crippen molar-refractivity contribution in [1.82, 2.24) is 10.2 Å². The van der Waals surface area contributed by atoms with Gasteiger partial charge >= 0.3 is 0 Å². The van der Waals surface area contributed by atoms with Crippen molar-refractivity contribution < 1.29 is 0 Å². The molecule has 1 aliphatic rings. The quantitative estimate of drug-likeness (QED) is 0.663. The minimum absolute atomic E-state index is 0.754. The largest absolute Gasteiger partial charge is 0.314 e. The molecule has 1 aliphatic heterocycles. The lowest BCUT2D eigenvalue weighted by Crippen LogP contribution is -2.50. The molecule has 0 radical (unpaired) electrons. The Morgan fingerprint density at radius 2 is 2.00 bits per heavy atom. The topological polar surface area (TPSA) is 15.3 Å². The number of nitrogens with zero attached hydrogens (tertiary/aromatic N) is 1. The van der Waals surface area contributed by atoms with Crippen molar-refractivity contribution >= 4 is 0 Å². The maximum absolute atomic E-state index is 3.69. The van der Waals surface area contributed by atoms with Gasteiger partial charge in [0.2, 0.25) is 0 Å². The van der Waals surface area contributed by atoms with Gasteiger partial charge in [0.25, 0.3) is 0 Å². The molecule has 0 aromatic rings. The summed E-state index contributed by atoms with van der Waals surface area (Å²) in [4.78, 5) is 2.74. The van der Waals surface area contributed by atoms with Crippen molar-refractivity contribution in [3.05, 3.63) is 0 Å². The van der Waals surface area contributed by atoms with E-state index >= 15 is 0 Å². The summed E-state index contributed by atoms with van der Waals surface area (Å²) in [5.41, 5.74) is 0. The van der Waals surface area contributed by atoms with Crippen molar-refractivity contribution in [2.45, 2.75) is 90.8 Å². The first kappa shape index (κ1) is 16.0. The molecule has 0 bridgehead atoms. The number of hydrogen-bond donors (Lipinski definition) is 1. The first-order chi connectivity index (χ1) is 8.69. The summed E-state index contributed by atoms with van der Waals surface area (Å²) in [7, 11) is 0. The van der Waals surface area contributed by atoms with Crippen molar-refractivity contribution in [3.8, 4) is 0 Å². The molecule has 1 heterocycles. The van der Waals surface area contributed by atoms with Crippen LogP contribution in [0.15, 0.2) is 0 Å². The van der Waals surface area contributed by atoms with Crippen LogP contribution >= 0.6 is 0 Å². The molecule has 1 saturated heterocycles. The molecular weight excluding hydrogens is 220 g/mol. The van der Waals surface area contributed by atoms with Crippen LogP contribution in [0.5, 0.6) is 0 Å². The summed E-state index contributed by atoms with van der Waals surface area (Å²) in [5, 5.41) is 3.69. The maximum atomic E-state index is 3.69. The van der Waals surface area contributed by atoms with Gasteiger partial charge in [-0.25, -0.2) is 0 Å². The molecule has 1 rings (SSSR count). The van der Waals surface area contributed by atoms with Crippen molar-refractivity contribution in [3.63, 3.8) is 0 Å². The lowest BCUT2D eigenvalue weighted by molar-refractivity contribution is 0.0900. The number of piperidine rings is 1. The fraction of sp³-hybridized carbons (Fsp3) is 1.00. The summed E-state index contributed by atoms with van der Waals surface area (Å²) < 4.78 is 0. The van der Waals surface area contributed by atoms with E-state index in [0.29, 0.717) is 0 Å². The summed E-state index contributed by atoms with van der Waals surface area (Å²) >= 11 is 0. The monoisotopic (exact) mass is 254 g/mol. The van der Waals surface area contributed by atoms with Gasteiger partial charge in [-0.3, -0.25) is 4.90 Å². The third-order valence-electron chi connectivity index (χ3n) is 4.40. The summed E-state index contributed by atoms with van der Waals surface area (Å²) in [6.45, 7) is 11.8. The van der Waals surface area contributed by atoms with Gasteiger partial charge in [-0.15, -0.1) is 0 Å². The third kappa shape index (κ3) is 5.27. The fourth-order valence-corrected chi connectivity index (χ4v) is 3.23. The van der Waals surface area contributed by atoms with Gasteiger partial charge in [0.05, 0.1) is 0 Å². The van der Waals surface area contributed by atoms with Gasteiger partial charge in [0, 0.05) is 24.7 Å². The van der Waals surface area contributed by atoms with E-state index in [2.05, 4.69) is 37.9 Å². The molecule has 0 aromatic carbocycles. The molecule has 3 unspecified atom stereocenters. The maximum Gasteiger partial charge on any atom is 0.00940 e. The highest BCUT2D eigenvalue weighted by Gasteiger charge is 2.27. The van der Waals surface area contributed by atoms with Gasteiger partial charge in [-0.05, 0) is 46.1 Å². The number of nitrogens with one attached hydrogen (secondary N) is 1. The van der Waals surface area contributed by atoms with E-state index in [9.17, 15) is 0 Å². The average Bonchev–Trinajstić information content (AvgIpc) is 2.36. The second kappa shape index (κ2) is 8.92. The Morgan fingerprint density at radius 1 is 1.22 bits per heavy atom. The van der Waals surface area contributed by atoms with Crippen LogP contribution in [0.1, 0.15) is 72.6 Å². The Labute approximate surface area is 115 Å². The predicted molar refractivity (Wildman–Crippen MR) is 81.1 cm³/mol. The van der Waals surface area contributed by atoms with E-state index < -0.39 is 0 Å². The molecule has 0 aliphatic carbocycles. The van der Waals surface area contributed by atoms with E-state index in [1.54, 1.807) is 0 Å². The number of hydrogen-bond acceptors (Lipinski definition) is 2. The molecule has 18 heavy (non-hydrogen) atoms. The summed E-state index contributed by atoms with van der Waals surface area (Å²) in [6.07, 6.45) is 9.44. The first-order valence-electron chi connectivity index (χ1n) is 8.18. The molecule has 0 spiro atoms. The molecule has 3 atom stereocenters. The second-order valence-corrected chi connectivity index (χ2v) is 6.11. The zero-order valence-corrected chi connectivity index (χ0v) is 13.0. The van der Waals surface area contributed by atoms with Crippen molar-refractivity contribution in [1.29, 1.82) is 0 Å². The van der Waals surface area contributed by atoms with Gasteiger partial charge in [0.15, 0.2) is 0 Å². The minimum Gasteiger partial charge on any atom is -0.314 e. The molecule has 2 nitrogen and oxygen atoms in total. The van der Waals surface area contributed by atoms with E-state index in [4.69, 9.17) is 0 Å². The molecule has 108 valence electrons. The van der Waals surface area contributed by atoms with E-state index in [1.807, 2.05) is 0 Å². The third-order valence-corrected chi connectivity index (χ3v) is 4.40. The SMILES string of the molecule is CCCCCC(C)N1CCC(NCCC)CC1C. The Hall–Kier alpha value is -0.0800. The molecule has 0 saturated carbocycles. The average molecular weight is 254 g/mol. The van der Waals surface area contributed by atoms with Crippen LogP contribution in [0, 0.1) is 0 Å². The lowest BCUT2D eigenvalue weighted by Gasteiger charge is -2.41. The van der Waals surface area contributed by atoms with Gasteiger partial charge in [-0.1, -0.05) is 33.1 Å². The molecule has 1 fully saturated rings. The molecule has 2 heteroatoms. The second-order valence-electron chi connectivity index (χ2n) is 6.11. The Balaban J connectivity index is 2.27. The summed E-state index contributed by atoms with van der Waals surface area (Å²) in [5.74, 6) is 0. The predicted octanol–water partition coefficient (Wildman–Crippen LogP) is 3.81. The fourth-order valence-electron chi connectivity index (χ4n) is 3.23. The number of unbranched alkanes of at least 4 members (excludes halogenated alkanes) is 2. The Bertz CT molecular complexity index is 205. The Kier molecular flexibility index (Phi) is 7.92. The van der Waals surface area contributed by atoms with Crippen LogP contribution in [0.25, 0.3) is 0 Å². The van der Waals surface area contributed by atoms with Crippen LogP contribution in [-0.2, 0) is 0 Å². The molecule has 1 N–H and O–H groups in total. The molecule has 0 aromatic heterocycles. The van der Waals surface area contributed by atoms with Gasteiger partial charge in [-0.2, -0.15) is 0 Å². The van der Waals surface area contributed by atoms with E-state index in [-0.39, 0.29) is 0 Å². The van der Waals surface area contributed by atoms with Crippen molar-refractivity contribution in [2.24, 2.45) is 0 Å². The normalized spacial score (nSPS) is 27.3. The van der Waals surface area contributed by atoms with Crippen LogP contribution in [0.2, 0.25) is 0 Å². The highest BCUT2D eigenvalue weighted by atomic mass is 15.2. The highest BCUT2D eigenvalue weighted by molar-refractivity contribution is 4.85. The van der Waals surface area contributed by atoms with E-state index in [0.717, 1.165) is 18.1 Å². The first-order valence-corrected chi connectivity index (χ1v) is 8.18. The zero-order valence-electron chi connectivity index (χ0n) is 13.0. The Morgan fingerprint density at radius 3 is 2.61 bits per heavy atom.